The second-order valence-corrected chi connectivity index (χ2v) is 15.2. The minimum Gasteiger partial charge on any atom is -0.208 e. The van der Waals surface area contributed by atoms with Crippen LogP contribution in [-0.2, 0) is 0 Å². The van der Waals surface area contributed by atoms with Gasteiger partial charge in [0.15, 0.2) is 17.5 Å². The van der Waals surface area contributed by atoms with Crippen LogP contribution in [0, 0.1) is 0 Å². The molecular formula is C57H37N3. The normalized spacial score (nSPS) is 11.3. The molecule has 0 radical (unpaired) electrons. The van der Waals surface area contributed by atoms with Gasteiger partial charge in [0, 0.05) is 16.7 Å². The van der Waals surface area contributed by atoms with Crippen molar-refractivity contribution in [3.8, 4) is 78.7 Å². The molecule has 0 saturated carbocycles. The number of rotatable bonds is 7. The summed E-state index contributed by atoms with van der Waals surface area (Å²) in [5, 5.41) is 7.11. The summed E-state index contributed by atoms with van der Waals surface area (Å²) in [6.07, 6.45) is 0. The molecule has 0 aliphatic heterocycles. The fourth-order valence-corrected chi connectivity index (χ4v) is 8.59. The Kier molecular flexibility index (Phi) is 8.83. The van der Waals surface area contributed by atoms with Crippen molar-refractivity contribution in [2.45, 2.75) is 0 Å². The molecule has 0 saturated heterocycles. The first-order chi connectivity index (χ1) is 29.7. The SMILES string of the molecule is c1ccc(-c2cc3ccccc3cc2-c2nc(-c3cccc(-c4cccc5ccccc45)c3)nc(-c3cccc(-c4ccc(-c5ccccc5)c5ccccc45)c3)n2)cc1. The van der Waals surface area contributed by atoms with Crippen LogP contribution < -0.4 is 0 Å². The largest absolute Gasteiger partial charge is 0.208 e. The van der Waals surface area contributed by atoms with Gasteiger partial charge in [-0.2, -0.15) is 0 Å². The molecule has 0 unspecified atom stereocenters. The molecule has 0 aliphatic rings. The zero-order chi connectivity index (χ0) is 39.8. The highest BCUT2D eigenvalue weighted by molar-refractivity contribution is 6.05. The first kappa shape index (κ1) is 35.2. The minimum atomic E-state index is 0.616. The molecule has 1 heterocycles. The number of nitrogens with zero attached hydrogens (tertiary/aromatic N) is 3. The average Bonchev–Trinajstić information content (AvgIpc) is 3.33. The zero-order valence-corrected chi connectivity index (χ0v) is 32.7. The quantitative estimate of drug-likeness (QED) is 0.162. The fraction of sp³-hybridized carbons (Fsp3) is 0. The summed E-state index contributed by atoms with van der Waals surface area (Å²) in [6.45, 7) is 0. The van der Waals surface area contributed by atoms with Gasteiger partial charge < -0.3 is 0 Å². The summed E-state index contributed by atoms with van der Waals surface area (Å²) in [6, 6.07) is 79.5. The first-order valence-electron chi connectivity index (χ1n) is 20.3. The highest BCUT2D eigenvalue weighted by Crippen LogP contribution is 2.39. The predicted molar refractivity (Wildman–Crippen MR) is 250 cm³/mol. The topological polar surface area (TPSA) is 38.7 Å². The van der Waals surface area contributed by atoms with Gasteiger partial charge in [0.05, 0.1) is 0 Å². The summed E-state index contributed by atoms with van der Waals surface area (Å²) >= 11 is 0. The van der Waals surface area contributed by atoms with E-state index in [1.54, 1.807) is 0 Å². The number of aromatic nitrogens is 3. The summed E-state index contributed by atoms with van der Waals surface area (Å²) in [5.41, 5.74) is 11.9. The summed E-state index contributed by atoms with van der Waals surface area (Å²) in [5.74, 6) is 1.86. The molecular weight excluding hydrogens is 727 g/mol. The predicted octanol–water partition coefficient (Wildman–Crippen LogP) is 15.0. The van der Waals surface area contributed by atoms with E-state index in [0.717, 1.165) is 55.3 Å². The lowest BCUT2D eigenvalue weighted by Crippen LogP contribution is -2.01. The van der Waals surface area contributed by atoms with Crippen molar-refractivity contribution in [3.63, 3.8) is 0 Å². The molecule has 0 bridgehead atoms. The molecule has 280 valence electrons. The zero-order valence-electron chi connectivity index (χ0n) is 32.7. The Morgan fingerprint density at radius 1 is 0.200 bits per heavy atom. The van der Waals surface area contributed by atoms with E-state index in [4.69, 9.17) is 15.0 Å². The van der Waals surface area contributed by atoms with Gasteiger partial charge in [-0.05, 0) is 101 Å². The van der Waals surface area contributed by atoms with Crippen LogP contribution >= 0.6 is 0 Å². The van der Waals surface area contributed by atoms with Crippen LogP contribution in [0.4, 0.5) is 0 Å². The highest BCUT2D eigenvalue weighted by atomic mass is 15.0. The van der Waals surface area contributed by atoms with E-state index >= 15 is 0 Å². The third-order valence-electron chi connectivity index (χ3n) is 11.5. The van der Waals surface area contributed by atoms with Gasteiger partial charge in [-0.15, -0.1) is 0 Å². The summed E-state index contributed by atoms with van der Waals surface area (Å²) in [4.78, 5) is 16.0. The molecule has 11 aromatic rings. The Bertz CT molecular complexity index is 3370. The molecule has 3 nitrogen and oxygen atoms in total. The molecule has 0 spiro atoms. The monoisotopic (exact) mass is 763 g/mol. The molecule has 10 aromatic carbocycles. The lowest BCUT2D eigenvalue weighted by molar-refractivity contribution is 1.07. The molecule has 60 heavy (non-hydrogen) atoms. The molecule has 0 aliphatic carbocycles. The lowest BCUT2D eigenvalue weighted by atomic mass is 9.91. The van der Waals surface area contributed by atoms with Gasteiger partial charge in [-0.25, -0.2) is 15.0 Å². The van der Waals surface area contributed by atoms with Crippen LogP contribution in [0.25, 0.3) is 111 Å². The summed E-state index contributed by atoms with van der Waals surface area (Å²) in [7, 11) is 0. The molecule has 0 fully saturated rings. The number of hydrogen-bond acceptors (Lipinski definition) is 3. The Labute approximate surface area is 349 Å². The molecule has 0 atom stereocenters. The van der Waals surface area contributed by atoms with E-state index in [9.17, 15) is 0 Å². The first-order valence-corrected chi connectivity index (χ1v) is 20.3. The van der Waals surface area contributed by atoms with Crippen LogP contribution in [0.5, 0.6) is 0 Å². The number of fused-ring (bicyclic) bond motifs is 3. The van der Waals surface area contributed by atoms with Crippen LogP contribution in [0.2, 0.25) is 0 Å². The molecule has 1 aromatic heterocycles. The molecule has 0 N–H and O–H groups in total. The van der Waals surface area contributed by atoms with E-state index in [2.05, 4.69) is 224 Å². The van der Waals surface area contributed by atoms with Crippen molar-refractivity contribution in [2.75, 3.05) is 0 Å². The maximum atomic E-state index is 5.34. The van der Waals surface area contributed by atoms with Crippen LogP contribution in [-0.4, -0.2) is 15.0 Å². The molecule has 3 heteroatoms. The fourth-order valence-electron chi connectivity index (χ4n) is 8.59. The van der Waals surface area contributed by atoms with Crippen molar-refractivity contribution < 1.29 is 0 Å². The van der Waals surface area contributed by atoms with Crippen LogP contribution in [0.15, 0.2) is 224 Å². The van der Waals surface area contributed by atoms with Gasteiger partial charge in [-0.1, -0.05) is 200 Å². The van der Waals surface area contributed by atoms with Crippen molar-refractivity contribution >= 4 is 32.3 Å². The second kappa shape index (κ2) is 15.1. The molecule has 11 rings (SSSR count). The van der Waals surface area contributed by atoms with E-state index in [-0.39, 0.29) is 0 Å². The second-order valence-electron chi connectivity index (χ2n) is 15.2. The molecule has 0 amide bonds. The Hall–Kier alpha value is -8.01. The maximum absolute atomic E-state index is 5.34. The van der Waals surface area contributed by atoms with Gasteiger partial charge in [-0.3, -0.25) is 0 Å². The lowest BCUT2D eigenvalue weighted by Gasteiger charge is -2.15. The smallest absolute Gasteiger partial charge is 0.164 e. The van der Waals surface area contributed by atoms with Crippen molar-refractivity contribution in [1.29, 1.82) is 0 Å². The maximum Gasteiger partial charge on any atom is 0.164 e. The number of hydrogen-bond donors (Lipinski definition) is 0. The Balaban J connectivity index is 1.11. The van der Waals surface area contributed by atoms with Gasteiger partial charge in [0.25, 0.3) is 0 Å². The third-order valence-corrected chi connectivity index (χ3v) is 11.5. The highest BCUT2D eigenvalue weighted by Gasteiger charge is 2.19. The van der Waals surface area contributed by atoms with Crippen LogP contribution in [0.3, 0.4) is 0 Å². The van der Waals surface area contributed by atoms with Crippen molar-refractivity contribution in [3.05, 3.63) is 224 Å². The van der Waals surface area contributed by atoms with Crippen molar-refractivity contribution in [1.82, 2.24) is 15.0 Å². The van der Waals surface area contributed by atoms with E-state index < -0.39 is 0 Å². The Morgan fingerprint density at radius 3 is 1.18 bits per heavy atom. The Morgan fingerprint density at radius 2 is 0.583 bits per heavy atom. The van der Waals surface area contributed by atoms with Crippen LogP contribution in [0.1, 0.15) is 0 Å². The van der Waals surface area contributed by atoms with E-state index in [1.807, 2.05) is 0 Å². The standard InChI is InChI=1S/C57H37N3/c1-3-16-38(17-4-1)49-32-33-50(52-30-12-11-29-51(49)52)44-25-14-27-46(35-44)56-58-55(45-26-13-24-43(34-45)48-31-15-23-39-20-9-10-28-47(39)48)59-57(60-56)54-37-42-22-8-7-21-41(42)36-53(54)40-18-5-2-6-19-40/h1-37H. The third kappa shape index (κ3) is 6.49. The van der Waals surface area contributed by atoms with E-state index in [0.29, 0.717) is 17.5 Å². The van der Waals surface area contributed by atoms with Gasteiger partial charge in [0.1, 0.15) is 0 Å². The minimum absolute atomic E-state index is 0.616. The van der Waals surface area contributed by atoms with Gasteiger partial charge in [0.2, 0.25) is 0 Å². The summed E-state index contributed by atoms with van der Waals surface area (Å²) < 4.78 is 0. The van der Waals surface area contributed by atoms with Gasteiger partial charge >= 0.3 is 0 Å². The van der Waals surface area contributed by atoms with E-state index in [1.165, 1.54) is 38.2 Å². The average molecular weight is 764 g/mol. The number of benzene rings is 10. The van der Waals surface area contributed by atoms with Crippen molar-refractivity contribution in [2.24, 2.45) is 0 Å².